The summed E-state index contributed by atoms with van der Waals surface area (Å²) in [6, 6.07) is 10.2. The number of nitro groups is 1. The fourth-order valence-corrected chi connectivity index (χ4v) is 3.20. The number of thioether (sulfide) groups is 1. The summed E-state index contributed by atoms with van der Waals surface area (Å²) in [5.74, 6) is 0.0986. The number of nitrogens with zero attached hydrogens (tertiary/aromatic N) is 2. The number of H-pyrrole nitrogens is 1. The summed E-state index contributed by atoms with van der Waals surface area (Å²) < 4.78 is 5.27. The van der Waals surface area contributed by atoms with Gasteiger partial charge in [0.2, 0.25) is 5.91 Å². The van der Waals surface area contributed by atoms with Crippen molar-refractivity contribution in [1.82, 2.24) is 9.97 Å². The maximum absolute atomic E-state index is 12.2. The smallest absolute Gasteiger partial charge is 0.296 e. The molecule has 0 aliphatic carbocycles. The number of amides is 1. The Kier molecular flexibility index (Phi) is 5.60. The van der Waals surface area contributed by atoms with Gasteiger partial charge in [-0.3, -0.25) is 14.9 Å². The molecule has 1 heterocycles. The number of anilines is 1. The van der Waals surface area contributed by atoms with Gasteiger partial charge in [-0.1, -0.05) is 17.8 Å². The normalized spacial score (nSPS) is 10.7. The van der Waals surface area contributed by atoms with Crippen LogP contribution < -0.4 is 10.1 Å². The molecule has 0 spiro atoms. The molecule has 1 amide bonds. The second-order valence-corrected chi connectivity index (χ2v) is 6.73. The van der Waals surface area contributed by atoms with Gasteiger partial charge in [0, 0.05) is 0 Å². The number of benzene rings is 2. The van der Waals surface area contributed by atoms with Crippen LogP contribution in [0, 0.1) is 17.0 Å². The van der Waals surface area contributed by atoms with Gasteiger partial charge in [-0.2, -0.15) is 0 Å². The van der Waals surface area contributed by atoms with Crippen molar-refractivity contribution < 1.29 is 14.5 Å². The first-order chi connectivity index (χ1) is 13.0. The number of hydrogen-bond acceptors (Lipinski definition) is 6. The van der Waals surface area contributed by atoms with Gasteiger partial charge < -0.3 is 15.0 Å². The number of imidazole rings is 1. The Morgan fingerprint density at radius 2 is 2.15 bits per heavy atom. The number of nitrogens with one attached hydrogen (secondary N) is 2. The molecule has 0 fully saturated rings. The summed E-state index contributed by atoms with van der Waals surface area (Å²) in [4.78, 5) is 30.5. The Bertz CT molecular complexity index is 1000. The third kappa shape index (κ3) is 4.56. The first-order valence-corrected chi connectivity index (χ1v) is 9.25. The number of carbonyl (C=O) groups is 1. The molecule has 0 bridgehead atoms. The molecule has 0 aliphatic heterocycles. The molecule has 0 unspecified atom stereocenters. The van der Waals surface area contributed by atoms with Gasteiger partial charge in [0.15, 0.2) is 5.16 Å². The second kappa shape index (κ2) is 8.09. The Balaban J connectivity index is 1.67. The van der Waals surface area contributed by atoms with Gasteiger partial charge >= 0.3 is 0 Å². The largest absolute Gasteiger partial charge is 0.494 e. The average molecular weight is 386 g/mol. The van der Waals surface area contributed by atoms with Crippen LogP contribution in [0.25, 0.3) is 11.0 Å². The van der Waals surface area contributed by atoms with E-state index < -0.39 is 4.92 Å². The van der Waals surface area contributed by atoms with Crippen molar-refractivity contribution in [3.63, 3.8) is 0 Å². The molecule has 9 heteroatoms. The number of fused-ring (bicyclic) bond motifs is 1. The van der Waals surface area contributed by atoms with E-state index in [2.05, 4.69) is 15.3 Å². The number of ether oxygens (including phenoxy) is 1. The van der Waals surface area contributed by atoms with Crippen LogP contribution in [0.2, 0.25) is 0 Å². The summed E-state index contributed by atoms with van der Waals surface area (Å²) in [5, 5.41) is 14.4. The molecule has 8 nitrogen and oxygen atoms in total. The van der Waals surface area contributed by atoms with Crippen LogP contribution in [-0.2, 0) is 4.79 Å². The van der Waals surface area contributed by atoms with E-state index in [0.717, 1.165) is 16.6 Å². The van der Waals surface area contributed by atoms with Gasteiger partial charge in [-0.05, 0) is 43.7 Å². The lowest BCUT2D eigenvalue weighted by molar-refractivity contribution is -0.384. The zero-order valence-corrected chi connectivity index (χ0v) is 15.6. The summed E-state index contributed by atoms with van der Waals surface area (Å²) in [5.41, 5.74) is 2.77. The zero-order chi connectivity index (χ0) is 19.4. The van der Waals surface area contributed by atoms with Gasteiger partial charge in [-0.15, -0.1) is 0 Å². The third-order valence-corrected chi connectivity index (χ3v) is 4.58. The van der Waals surface area contributed by atoms with Crippen LogP contribution in [0.4, 0.5) is 11.4 Å². The lowest BCUT2D eigenvalue weighted by atomic mass is 10.2. The van der Waals surface area contributed by atoms with Gasteiger partial charge in [0.1, 0.15) is 11.4 Å². The van der Waals surface area contributed by atoms with E-state index in [4.69, 9.17) is 4.74 Å². The van der Waals surface area contributed by atoms with E-state index in [1.165, 1.54) is 23.9 Å². The first kappa shape index (κ1) is 18.7. The number of aromatic amines is 1. The molecule has 1 aromatic heterocycles. The highest BCUT2D eigenvalue weighted by atomic mass is 32.2. The molecular weight excluding hydrogens is 368 g/mol. The molecule has 0 aliphatic rings. The van der Waals surface area contributed by atoms with Gasteiger partial charge in [-0.25, -0.2) is 4.98 Å². The topological polar surface area (TPSA) is 110 Å². The van der Waals surface area contributed by atoms with E-state index in [0.29, 0.717) is 17.5 Å². The van der Waals surface area contributed by atoms with Crippen molar-refractivity contribution in [2.24, 2.45) is 0 Å². The standard InChI is InChI=1S/C18H18N4O4S/c1-3-26-12-5-7-14(16(9-12)22(24)25)19-17(23)10-27-18-20-13-6-4-11(2)8-15(13)21-18/h4-9H,3,10H2,1-2H3,(H,19,23)(H,20,21). The summed E-state index contributed by atoms with van der Waals surface area (Å²) in [6.45, 7) is 4.18. The van der Waals surface area contributed by atoms with E-state index in [9.17, 15) is 14.9 Å². The Hall–Kier alpha value is -3.07. The predicted molar refractivity (Wildman–Crippen MR) is 104 cm³/mol. The number of rotatable bonds is 7. The molecule has 140 valence electrons. The molecule has 0 saturated heterocycles. The van der Waals surface area contributed by atoms with Crippen LogP contribution in [0.5, 0.6) is 5.75 Å². The lowest BCUT2D eigenvalue weighted by Gasteiger charge is -2.08. The quantitative estimate of drug-likeness (QED) is 0.362. The van der Waals surface area contributed by atoms with E-state index in [1.807, 2.05) is 25.1 Å². The van der Waals surface area contributed by atoms with E-state index >= 15 is 0 Å². The highest BCUT2D eigenvalue weighted by Gasteiger charge is 2.18. The molecule has 2 N–H and O–H groups in total. The van der Waals surface area contributed by atoms with Crippen LogP contribution >= 0.6 is 11.8 Å². The van der Waals surface area contributed by atoms with Crippen molar-refractivity contribution in [3.8, 4) is 5.75 Å². The zero-order valence-electron chi connectivity index (χ0n) is 14.8. The van der Waals surface area contributed by atoms with Crippen LogP contribution in [0.1, 0.15) is 12.5 Å². The van der Waals surface area contributed by atoms with E-state index in [1.54, 1.807) is 13.0 Å². The minimum atomic E-state index is -0.549. The second-order valence-electron chi connectivity index (χ2n) is 5.77. The monoisotopic (exact) mass is 386 g/mol. The van der Waals surface area contributed by atoms with Crippen LogP contribution in [0.3, 0.4) is 0 Å². The van der Waals surface area contributed by atoms with Crippen molar-refractivity contribution in [3.05, 3.63) is 52.1 Å². The number of hydrogen-bond donors (Lipinski definition) is 2. The minimum absolute atomic E-state index is 0.0726. The Morgan fingerprint density at radius 3 is 2.89 bits per heavy atom. The highest BCUT2D eigenvalue weighted by Crippen LogP contribution is 2.29. The SMILES string of the molecule is CCOc1ccc(NC(=O)CSc2nc3ccc(C)cc3[nH]2)c([N+](=O)[O-])c1. The number of aryl methyl sites for hydroxylation is 1. The maximum atomic E-state index is 12.2. The Labute approximate surface area is 159 Å². The third-order valence-electron chi connectivity index (χ3n) is 3.71. The van der Waals surface area contributed by atoms with Gasteiger partial charge in [0.05, 0.1) is 34.4 Å². The molecule has 27 heavy (non-hydrogen) atoms. The fourth-order valence-electron chi connectivity index (χ4n) is 2.51. The summed E-state index contributed by atoms with van der Waals surface area (Å²) >= 11 is 1.23. The van der Waals surface area contributed by atoms with Crippen LogP contribution in [0.15, 0.2) is 41.6 Å². The molecule has 0 radical (unpaired) electrons. The van der Waals surface area contributed by atoms with E-state index in [-0.39, 0.29) is 23.0 Å². The molecule has 3 rings (SSSR count). The Morgan fingerprint density at radius 1 is 1.33 bits per heavy atom. The molecule has 2 aromatic carbocycles. The molecule has 3 aromatic rings. The summed E-state index contributed by atoms with van der Waals surface area (Å²) in [6.07, 6.45) is 0. The number of aromatic nitrogens is 2. The summed E-state index contributed by atoms with van der Waals surface area (Å²) in [7, 11) is 0. The number of nitro benzene ring substituents is 1. The van der Waals surface area contributed by atoms with Crippen LogP contribution in [-0.4, -0.2) is 33.2 Å². The van der Waals surface area contributed by atoms with Crippen molar-refractivity contribution in [1.29, 1.82) is 0 Å². The average Bonchev–Trinajstić information content (AvgIpc) is 3.03. The minimum Gasteiger partial charge on any atom is -0.494 e. The fraction of sp³-hybridized carbons (Fsp3) is 0.222. The highest BCUT2D eigenvalue weighted by molar-refractivity contribution is 7.99. The van der Waals surface area contributed by atoms with Crippen molar-refractivity contribution in [2.75, 3.05) is 17.7 Å². The number of carbonyl (C=O) groups excluding carboxylic acids is 1. The van der Waals surface area contributed by atoms with Crippen molar-refractivity contribution in [2.45, 2.75) is 19.0 Å². The molecular formula is C18H18N4O4S. The van der Waals surface area contributed by atoms with Crippen molar-refractivity contribution >= 4 is 40.1 Å². The predicted octanol–water partition coefficient (Wildman–Crippen LogP) is 3.91. The molecule has 0 atom stereocenters. The maximum Gasteiger partial charge on any atom is 0.296 e. The molecule has 0 saturated carbocycles. The first-order valence-electron chi connectivity index (χ1n) is 8.26. The van der Waals surface area contributed by atoms with Gasteiger partial charge in [0.25, 0.3) is 5.69 Å². The lowest BCUT2D eigenvalue weighted by Crippen LogP contribution is -2.15.